The molecule has 4 aromatic carbocycles. The molecule has 0 saturated carbocycles. The smallest absolute Gasteiger partial charge is 0.0409 e. The molecule has 36 heavy (non-hydrogen) atoms. The van der Waals surface area contributed by atoms with Crippen LogP contribution in [0.3, 0.4) is 0 Å². The van der Waals surface area contributed by atoms with Crippen molar-refractivity contribution in [3.63, 3.8) is 0 Å². The van der Waals surface area contributed by atoms with Gasteiger partial charge < -0.3 is 0 Å². The van der Waals surface area contributed by atoms with E-state index in [1.54, 1.807) is 0 Å². The predicted octanol–water partition coefficient (Wildman–Crippen LogP) is 10.6. The summed E-state index contributed by atoms with van der Waals surface area (Å²) in [6.07, 6.45) is 0. The van der Waals surface area contributed by atoms with Crippen LogP contribution in [0.15, 0.2) is 78.9 Å². The molecule has 184 valence electrons. The highest BCUT2D eigenvalue weighted by atomic mass is 35.5. The predicted molar refractivity (Wildman–Crippen MR) is 157 cm³/mol. The maximum atomic E-state index is 6.50. The van der Waals surface area contributed by atoms with Crippen molar-refractivity contribution in [2.75, 3.05) is 0 Å². The third-order valence-electron chi connectivity index (χ3n) is 7.79. The van der Waals surface area contributed by atoms with E-state index in [2.05, 4.69) is 128 Å². The minimum Gasteiger partial charge on any atom is -0.0843 e. The zero-order chi connectivity index (χ0) is 26.0. The SMILES string of the molecule is CC(C)(C)c1cc(-c2cc(-c3ccccc3)c3c(c2)-c2ccc(Cl)cc2C3(C)C)cc(C(C)(C)C)c1. The van der Waals surface area contributed by atoms with Crippen LogP contribution in [0, 0.1) is 0 Å². The third-order valence-corrected chi connectivity index (χ3v) is 8.03. The molecule has 0 saturated heterocycles. The maximum absolute atomic E-state index is 6.50. The van der Waals surface area contributed by atoms with Crippen LogP contribution in [0.5, 0.6) is 0 Å². The number of halogens is 1. The van der Waals surface area contributed by atoms with Crippen LogP contribution in [-0.2, 0) is 16.2 Å². The lowest BCUT2D eigenvalue weighted by Gasteiger charge is -2.27. The van der Waals surface area contributed by atoms with Crippen LogP contribution in [0.25, 0.3) is 33.4 Å². The molecule has 1 aliphatic rings. The highest BCUT2D eigenvalue weighted by molar-refractivity contribution is 6.30. The van der Waals surface area contributed by atoms with E-state index in [1.807, 2.05) is 6.07 Å². The average molecular weight is 493 g/mol. The number of hydrogen-bond acceptors (Lipinski definition) is 0. The number of benzene rings is 4. The molecule has 0 N–H and O–H groups in total. The van der Waals surface area contributed by atoms with E-state index in [4.69, 9.17) is 11.6 Å². The third kappa shape index (κ3) is 4.20. The van der Waals surface area contributed by atoms with Crippen molar-refractivity contribution >= 4 is 11.6 Å². The van der Waals surface area contributed by atoms with Crippen LogP contribution >= 0.6 is 11.6 Å². The molecule has 0 bridgehead atoms. The van der Waals surface area contributed by atoms with E-state index < -0.39 is 0 Å². The molecule has 0 radical (unpaired) electrons. The minimum absolute atomic E-state index is 0.0698. The summed E-state index contributed by atoms with van der Waals surface area (Å²) in [5.74, 6) is 0. The van der Waals surface area contributed by atoms with E-state index in [9.17, 15) is 0 Å². The summed E-state index contributed by atoms with van der Waals surface area (Å²) in [7, 11) is 0. The van der Waals surface area contributed by atoms with Gasteiger partial charge in [-0.1, -0.05) is 122 Å². The first-order chi connectivity index (χ1) is 16.8. The molecular formula is C35H37Cl. The number of fused-ring (bicyclic) bond motifs is 3. The Kier molecular flexibility index (Phi) is 5.77. The monoisotopic (exact) mass is 492 g/mol. The number of hydrogen-bond donors (Lipinski definition) is 0. The van der Waals surface area contributed by atoms with Gasteiger partial charge in [0.2, 0.25) is 0 Å². The Bertz CT molecular complexity index is 1430. The first kappa shape index (κ1) is 24.8. The molecule has 0 spiro atoms. The van der Waals surface area contributed by atoms with Crippen LogP contribution in [0.4, 0.5) is 0 Å². The molecule has 0 heterocycles. The second-order valence-corrected chi connectivity index (χ2v) is 13.4. The zero-order valence-corrected chi connectivity index (χ0v) is 23.6. The Morgan fingerprint density at radius 1 is 0.556 bits per heavy atom. The van der Waals surface area contributed by atoms with Gasteiger partial charge in [-0.05, 0) is 90.7 Å². The van der Waals surface area contributed by atoms with Gasteiger partial charge in [0.25, 0.3) is 0 Å². The fraction of sp³-hybridized carbons (Fsp3) is 0.314. The van der Waals surface area contributed by atoms with Gasteiger partial charge in [-0.2, -0.15) is 0 Å². The van der Waals surface area contributed by atoms with Gasteiger partial charge in [-0.15, -0.1) is 0 Å². The molecule has 5 rings (SSSR count). The average Bonchev–Trinajstić information content (AvgIpc) is 3.04. The van der Waals surface area contributed by atoms with E-state index in [-0.39, 0.29) is 16.2 Å². The molecule has 0 fully saturated rings. The highest BCUT2D eigenvalue weighted by Crippen LogP contribution is 2.54. The second-order valence-electron chi connectivity index (χ2n) is 12.9. The number of rotatable bonds is 2. The Morgan fingerprint density at radius 3 is 1.69 bits per heavy atom. The van der Waals surface area contributed by atoms with E-state index in [0.29, 0.717) is 0 Å². The Labute approximate surface area is 222 Å². The second kappa shape index (κ2) is 8.35. The molecule has 4 aromatic rings. The first-order valence-electron chi connectivity index (χ1n) is 13.0. The van der Waals surface area contributed by atoms with Gasteiger partial charge in [0, 0.05) is 10.4 Å². The zero-order valence-electron chi connectivity index (χ0n) is 22.9. The topological polar surface area (TPSA) is 0 Å². The summed E-state index contributed by atoms with van der Waals surface area (Å²) in [4.78, 5) is 0. The van der Waals surface area contributed by atoms with E-state index in [0.717, 1.165) is 5.02 Å². The lowest BCUT2D eigenvalue weighted by molar-refractivity contribution is 0.569. The minimum atomic E-state index is -0.136. The van der Waals surface area contributed by atoms with Crippen molar-refractivity contribution < 1.29 is 0 Å². The summed E-state index contributed by atoms with van der Waals surface area (Å²) in [5, 5.41) is 0.795. The largest absolute Gasteiger partial charge is 0.0843 e. The Balaban J connectivity index is 1.85. The van der Waals surface area contributed by atoms with Crippen molar-refractivity contribution in [2.24, 2.45) is 0 Å². The van der Waals surface area contributed by atoms with Crippen molar-refractivity contribution in [3.8, 4) is 33.4 Å². The molecule has 0 aromatic heterocycles. The van der Waals surface area contributed by atoms with Gasteiger partial charge in [0.15, 0.2) is 0 Å². The maximum Gasteiger partial charge on any atom is 0.0409 e. The Hall–Kier alpha value is -2.83. The summed E-state index contributed by atoms with van der Waals surface area (Å²) in [6, 6.07) is 29.2. The van der Waals surface area contributed by atoms with Crippen LogP contribution in [-0.4, -0.2) is 0 Å². The summed E-state index contributed by atoms with van der Waals surface area (Å²) in [6.45, 7) is 18.5. The molecule has 0 amide bonds. The highest BCUT2D eigenvalue weighted by Gasteiger charge is 2.38. The van der Waals surface area contributed by atoms with E-state index in [1.165, 1.54) is 55.6 Å². The molecule has 0 nitrogen and oxygen atoms in total. The lowest BCUT2D eigenvalue weighted by Crippen LogP contribution is -2.17. The summed E-state index contributed by atoms with van der Waals surface area (Å²) < 4.78 is 0. The van der Waals surface area contributed by atoms with Crippen LogP contribution < -0.4 is 0 Å². The van der Waals surface area contributed by atoms with Gasteiger partial charge >= 0.3 is 0 Å². The molecule has 1 aliphatic carbocycles. The fourth-order valence-corrected chi connectivity index (χ4v) is 5.78. The quantitative estimate of drug-likeness (QED) is 0.261. The Morgan fingerprint density at radius 2 is 1.11 bits per heavy atom. The normalized spacial score (nSPS) is 14.5. The molecular weight excluding hydrogens is 456 g/mol. The van der Waals surface area contributed by atoms with Crippen LogP contribution in [0.1, 0.15) is 77.6 Å². The van der Waals surface area contributed by atoms with Crippen molar-refractivity contribution in [3.05, 3.63) is 106 Å². The van der Waals surface area contributed by atoms with Gasteiger partial charge in [0.05, 0.1) is 0 Å². The van der Waals surface area contributed by atoms with Gasteiger partial charge in [-0.3, -0.25) is 0 Å². The molecule has 0 atom stereocenters. The summed E-state index contributed by atoms with van der Waals surface area (Å²) >= 11 is 6.50. The van der Waals surface area contributed by atoms with Crippen LogP contribution in [0.2, 0.25) is 5.02 Å². The summed E-state index contributed by atoms with van der Waals surface area (Å²) in [5.41, 5.74) is 13.2. The lowest BCUT2D eigenvalue weighted by atomic mass is 9.77. The first-order valence-corrected chi connectivity index (χ1v) is 13.4. The van der Waals surface area contributed by atoms with Gasteiger partial charge in [0.1, 0.15) is 0 Å². The molecule has 0 aliphatic heterocycles. The molecule has 1 heteroatoms. The molecule has 0 unspecified atom stereocenters. The van der Waals surface area contributed by atoms with Crippen molar-refractivity contribution in [1.82, 2.24) is 0 Å². The van der Waals surface area contributed by atoms with E-state index >= 15 is 0 Å². The van der Waals surface area contributed by atoms with Crippen molar-refractivity contribution in [2.45, 2.75) is 71.6 Å². The van der Waals surface area contributed by atoms with Crippen molar-refractivity contribution in [1.29, 1.82) is 0 Å². The fourth-order valence-electron chi connectivity index (χ4n) is 5.60. The van der Waals surface area contributed by atoms with Gasteiger partial charge in [-0.25, -0.2) is 0 Å². The standard InChI is InChI=1S/C35H37Cl/c1-33(2,3)25-16-23(17-26(20-25)34(4,5)6)24-18-29(22-12-10-9-11-13-22)32-30(19-24)28-15-14-27(36)21-31(28)35(32,7)8/h9-21H,1-8H3.